The van der Waals surface area contributed by atoms with Gasteiger partial charge in [-0.25, -0.2) is 0 Å². The number of hydrogen-bond donors (Lipinski definition) is 2. The van der Waals surface area contributed by atoms with Gasteiger partial charge < -0.3 is 9.72 Å². The molecule has 2 aromatic rings. The lowest BCUT2D eigenvalue weighted by molar-refractivity contribution is 0.415. The number of H-pyrrole nitrogens is 1. The van der Waals surface area contributed by atoms with Crippen molar-refractivity contribution in [2.75, 3.05) is 13.4 Å². The van der Waals surface area contributed by atoms with Gasteiger partial charge in [-0.1, -0.05) is 11.6 Å². The molecule has 0 saturated heterocycles. The van der Waals surface area contributed by atoms with E-state index in [0.717, 1.165) is 0 Å². The summed E-state index contributed by atoms with van der Waals surface area (Å²) < 4.78 is 5.11. The predicted molar refractivity (Wildman–Crippen MR) is 76.5 cm³/mol. The van der Waals surface area contributed by atoms with Crippen LogP contribution in [0.25, 0.3) is 10.9 Å². The average Bonchev–Trinajstić information content (AvgIpc) is 2.38. The highest BCUT2D eigenvalue weighted by Gasteiger charge is 2.11. The van der Waals surface area contributed by atoms with Gasteiger partial charge in [-0.2, -0.15) is 0 Å². The van der Waals surface area contributed by atoms with E-state index in [1.165, 1.54) is 24.9 Å². The van der Waals surface area contributed by atoms with Gasteiger partial charge >= 0.3 is 0 Å². The Labute approximate surface area is 113 Å². The molecule has 0 aliphatic carbocycles. The van der Waals surface area contributed by atoms with Crippen LogP contribution in [0.15, 0.2) is 23.0 Å². The standard InChI is InChI=1S/C12H11ClN2O2S/c1-17-9-4-3-6-8(16)5-7(12(14)18-2)15-11(6)10(9)13/h3-5,14H,1-2H3,(H,15,16). The highest BCUT2D eigenvalue weighted by molar-refractivity contribution is 8.13. The summed E-state index contributed by atoms with van der Waals surface area (Å²) in [5.74, 6) is 0.493. The van der Waals surface area contributed by atoms with E-state index in [2.05, 4.69) is 4.98 Å². The molecular weight excluding hydrogens is 272 g/mol. The summed E-state index contributed by atoms with van der Waals surface area (Å²) in [6, 6.07) is 4.72. The Balaban J connectivity index is 2.80. The zero-order valence-corrected chi connectivity index (χ0v) is 11.4. The van der Waals surface area contributed by atoms with E-state index in [1.807, 2.05) is 0 Å². The van der Waals surface area contributed by atoms with Crippen LogP contribution in [0.5, 0.6) is 5.75 Å². The van der Waals surface area contributed by atoms with Crippen LogP contribution in [-0.4, -0.2) is 23.4 Å². The fourth-order valence-electron chi connectivity index (χ4n) is 1.65. The number of aromatic amines is 1. The van der Waals surface area contributed by atoms with Crippen molar-refractivity contribution in [3.05, 3.63) is 39.1 Å². The third-order valence-electron chi connectivity index (χ3n) is 2.58. The third-order valence-corrected chi connectivity index (χ3v) is 3.58. The Bertz CT molecular complexity index is 682. The molecule has 0 aliphatic rings. The molecule has 0 amide bonds. The molecular formula is C12H11ClN2O2S. The second kappa shape index (κ2) is 5.04. The summed E-state index contributed by atoms with van der Waals surface area (Å²) >= 11 is 7.41. The minimum absolute atomic E-state index is 0.165. The van der Waals surface area contributed by atoms with Crippen molar-refractivity contribution in [2.24, 2.45) is 0 Å². The summed E-state index contributed by atoms with van der Waals surface area (Å²) in [6.07, 6.45) is 1.78. The van der Waals surface area contributed by atoms with Crippen LogP contribution in [0.2, 0.25) is 5.02 Å². The summed E-state index contributed by atoms with van der Waals surface area (Å²) in [6.45, 7) is 0. The molecule has 94 valence electrons. The zero-order chi connectivity index (χ0) is 13.3. The first-order valence-corrected chi connectivity index (χ1v) is 6.71. The van der Waals surface area contributed by atoms with Gasteiger partial charge in [0.15, 0.2) is 5.43 Å². The first-order chi connectivity index (χ1) is 8.58. The maximum absolute atomic E-state index is 11.9. The monoisotopic (exact) mass is 282 g/mol. The first-order valence-electron chi connectivity index (χ1n) is 5.11. The van der Waals surface area contributed by atoms with Crippen LogP contribution >= 0.6 is 23.4 Å². The molecule has 6 heteroatoms. The highest BCUT2D eigenvalue weighted by Crippen LogP contribution is 2.30. The van der Waals surface area contributed by atoms with Crippen LogP contribution in [0.1, 0.15) is 5.69 Å². The molecule has 0 aliphatic heterocycles. The van der Waals surface area contributed by atoms with Gasteiger partial charge in [0, 0.05) is 11.5 Å². The molecule has 0 saturated carbocycles. The number of ether oxygens (including phenoxy) is 1. The van der Waals surface area contributed by atoms with Gasteiger partial charge in [-0.15, -0.1) is 11.8 Å². The number of benzene rings is 1. The number of halogens is 1. The molecule has 0 fully saturated rings. The molecule has 0 bridgehead atoms. The SMILES string of the molecule is COc1ccc2c(=O)cc(C(=N)SC)[nH]c2c1Cl. The Morgan fingerprint density at radius 2 is 2.22 bits per heavy atom. The van der Waals surface area contributed by atoms with Crippen molar-refractivity contribution in [1.82, 2.24) is 4.98 Å². The number of pyridine rings is 1. The van der Waals surface area contributed by atoms with Gasteiger partial charge in [0.05, 0.1) is 18.3 Å². The van der Waals surface area contributed by atoms with Crippen molar-refractivity contribution >= 4 is 39.3 Å². The van der Waals surface area contributed by atoms with E-state index in [1.54, 1.807) is 18.4 Å². The molecule has 2 rings (SSSR count). The number of aromatic nitrogens is 1. The topological polar surface area (TPSA) is 65.9 Å². The number of methoxy groups -OCH3 is 1. The van der Waals surface area contributed by atoms with E-state index in [4.69, 9.17) is 21.7 Å². The number of thioether (sulfide) groups is 1. The molecule has 1 heterocycles. The molecule has 1 aromatic heterocycles. The number of fused-ring (bicyclic) bond motifs is 1. The fraction of sp³-hybridized carbons (Fsp3) is 0.167. The van der Waals surface area contributed by atoms with Crippen LogP contribution in [0.3, 0.4) is 0 Å². The van der Waals surface area contributed by atoms with Crippen molar-refractivity contribution in [3.63, 3.8) is 0 Å². The normalized spacial score (nSPS) is 10.6. The molecule has 4 nitrogen and oxygen atoms in total. The smallest absolute Gasteiger partial charge is 0.190 e. The third kappa shape index (κ3) is 2.11. The van der Waals surface area contributed by atoms with Crippen molar-refractivity contribution in [1.29, 1.82) is 5.41 Å². The quantitative estimate of drug-likeness (QED) is 0.657. The molecule has 1 aromatic carbocycles. The Hall–Kier alpha value is -1.46. The first kappa shape index (κ1) is 13.0. The number of nitrogens with one attached hydrogen (secondary N) is 2. The summed E-state index contributed by atoms with van der Waals surface area (Å²) in [4.78, 5) is 15.0. The average molecular weight is 283 g/mol. The molecule has 0 unspecified atom stereocenters. The molecule has 0 atom stereocenters. The largest absolute Gasteiger partial charge is 0.495 e. The fourth-order valence-corrected chi connectivity index (χ4v) is 2.27. The minimum atomic E-state index is -0.165. The molecule has 0 spiro atoms. The van der Waals surface area contributed by atoms with Gasteiger partial charge in [0.2, 0.25) is 0 Å². The maximum Gasteiger partial charge on any atom is 0.190 e. The van der Waals surface area contributed by atoms with E-state index < -0.39 is 0 Å². The lowest BCUT2D eigenvalue weighted by Gasteiger charge is -2.08. The summed E-state index contributed by atoms with van der Waals surface area (Å²) in [7, 11) is 1.51. The number of rotatable bonds is 2. The summed E-state index contributed by atoms with van der Waals surface area (Å²) in [5, 5.41) is 8.86. The van der Waals surface area contributed by atoms with Gasteiger partial charge in [0.1, 0.15) is 15.8 Å². The second-order valence-corrected chi connectivity index (χ2v) is 4.78. The number of hydrogen-bond acceptors (Lipinski definition) is 4. The van der Waals surface area contributed by atoms with Crippen LogP contribution in [-0.2, 0) is 0 Å². The van der Waals surface area contributed by atoms with Gasteiger partial charge in [-0.05, 0) is 18.4 Å². The van der Waals surface area contributed by atoms with Crippen molar-refractivity contribution in [2.45, 2.75) is 0 Å². The van der Waals surface area contributed by atoms with Gasteiger partial charge in [-0.3, -0.25) is 10.2 Å². The van der Waals surface area contributed by atoms with Crippen LogP contribution in [0, 0.1) is 5.41 Å². The van der Waals surface area contributed by atoms with E-state index in [0.29, 0.717) is 27.4 Å². The van der Waals surface area contributed by atoms with Crippen LogP contribution < -0.4 is 10.2 Å². The maximum atomic E-state index is 11.9. The van der Waals surface area contributed by atoms with E-state index >= 15 is 0 Å². The Morgan fingerprint density at radius 3 is 2.83 bits per heavy atom. The van der Waals surface area contributed by atoms with E-state index in [9.17, 15) is 4.79 Å². The summed E-state index contributed by atoms with van der Waals surface area (Å²) in [5.41, 5.74) is 0.787. The van der Waals surface area contributed by atoms with Crippen molar-refractivity contribution in [3.8, 4) is 5.75 Å². The molecule has 2 N–H and O–H groups in total. The van der Waals surface area contributed by atoms with E-state index in [-0.39, 0.29) is 10.5 Å². The Kier molecular flexibility index (Phi) is 3.63. The molecule has 18 heavy (non-hydrogen) atoms. The lowest BCUT2D eigenvalue weighted by Crippen LogP contribution is -2.08. The van der Waals surface area contributed by atoms with Crippen LogP contribution in [0.4, 0.5) is 0 Å². The van der Waals surface area contributed by atoms with Crippen molar-refractivity contribution < 1.29 is 4.74 Å². The molecule has 0 radical (unpaired) electrons. The van der Waals surface area contributed by atoms with Gasteiger partial charge in [0.25, 0.3) is 0 Å². The highest BCUT2D eigenvalue weighted by atomic mass is 35.5. The minimum Gasteiger partial charge on any atom is -0.495 e. The lowest BCUT2D eigenvalue weighted by atomic mass is 10.2. The Morgan fingerprint density at radius 1 is 1.50 bits per heavy atom. The zero-order valence-electron chi connectivity index (χ0n) is 9.83. The second-order valence-electron chi connectivity index (χ2n) is 3.58. The predicted octanol–water partition coefficient (Wildman–Crippen LogP) is 2.88.